The molecule has 0 aromatic heterocycles. The van der Waals surface area contributed by atoms with Crippen LogP contribution in [0.5, 0.6) is 0 Å². The third kappa shape index (κ3) is 5.35. The number of piperazine rings is 1. The molecular weight excluding hydrogens is 437 g/mol. The van der Waals surface area contributed by atoms with Crippen LogP contribution in [0, 0.1) is 11.8 Å². The van der Waals surface area contributed by atoms with Crippen molar-refractivity contribution in [2.45, 2.75) is 32.2 Å². The fourth-order valence-corrected chi connectivity index (χ4v) is 4.42. The van der Waals surface area contributed by atoms with Gasteiger partial charge in [-0.15, -0.1) is 24.8 Å². The van der Waals surface area contributed by atoms with E-state index in [1.165, 1.54) is 5.56 Å². The van der Waals surface area contributed by atoms with Gasteiger partial charge in [0.1, 0.15) is 0 Å². The van der Waals surface area contributed by atoms with Gasteiger partial charge >= 0.3 is 0 Å². The van der Waals surface area contributed by atoms with E-state index in [4.69, 9.17) is 5.73 Å². The standard InChI is InChI=1S/C19H28BrN3O.2ClH/c1-14(15-5-7-17(20)8-6-15)22-9-11-23(12-10-22)19(24)18-4-2-3-16(18)13-21;;/h5-8,14,16,18H,2-4,9-13,21H2,1H3;2*1H/t14?,16-,18-;;/m1../s1. The second kappa shape index (κ2) is 10.9. The van der Waals surface area contributed by atoms with Crippen LogP contribution in [0.1, 0.15) is 37.8 Å². The van der Waals surface area contributed by atoms with Crippen molar-refractivity contribution in [3.63, 3.8) is 0 Å². The van der Waals surface area contributed by atoms with Crippen LogP contribution in [0.25, 0.3) is 0 Å². The summed E-state index contributed by atoms with van der Waals surface area (Å²) in [5, 5.41) is 0. The number of hydrogen-bond donors (Lipinski definition) is 1. The highest BCUT2D eigenvalue weighted by molar-refractivity contribution is 9.10. The molecule has 1 saturated carbocycles. The van der Waals surface area contributed by atoms with E-state index in [2.05, 4.69) is 56.9 Å². The predicted molar refractivity (Wildman–Crippen MR) is 115 cm³/mol. The SMILES string of the molecule is CC(c1ccc(Br)cc1)N1CCN(C(=O)[C@@H]2CCC[C@@H]2CN)CC1.Cl.Cl. The summed E-state index contributed by atoms with van der Waals surface area (Å²) >= 11 is 3.49. The minimum Gasteiger partial charge on any atom is -0.340 e. The van der Waals surface area contributed by atoms with Crippen LogP contribution in [0.3, 0.4) is 0 Å². The summed E-state index contributed by atoms with van der Waals surface area (Å²) in [5.41, 5.74) is 7.18. The second-order valence-corrected chi connectivity index (χ2v) is 8.04. The lowest BCUT2D eigenvalue weighted by molar-refractivity contribution is -0.138. The minimum atomic E-state index is 0. The molecule has 7 heteroatoms. The molecule has 1 amide bonds. The van der Waals surface area contributed by atoms with Gasteiger partial charge in [0.15, 0.2) is 0 Å². The summed E-state index contributed by atoms with van der Waals surface area (Å²) in [4.78, 5) is 17.3. The lowest BCUT2D eigenvalue weighted by Gasteiger charge is -2.39. The van der Waals surface area contributed by atoms with E-state index in [1.54, 1.807) is 0 Å². The summed E-state index contributed by atoms with van der Waals surface area (Å²) < 4.78 is 1.11. The van der Waals surface area contributed by atoms with Crippen LogP contribution in [0.15, 0.2) is 28.7 Å². The maximum Gasteiger partial charge on any atom is 0.226 e. The summed E-state index contributed by atoms with van der Waals surface area (Å²) in [7, 11) is 0. The van der Waals surface area contributed by atoms with Crippen molar-refractivity contribution in [2.75, 3.05) is 32.7 Å². The quantitative estimate of drug-likeness (QED) is 0.732. The van der Waals surface area contributed by atoms with Crippen LogP contribution < -0.4 is 5.73 Å². The van der Waals surface area contributed by atoms with E-state index < -0.39 is 0 Å². The van der Waals surface area contributed by atoms with Gasteiger partial charge in [-0.2, -0.15) is 0 Å². The van der Waals surface area contributed by atoms with Gasteiger partial charge in [-0.05, 0) is 49.9 Å². The Bertz CT molecular complexity index is 564. The number of halogens is 3. The van der Waals surface area contributed by atoms with Gasteiger partial charge < -0.3 is 10.6 Å². The minimum absolute atomic E-state index is 0. The zero-order chi connectivity index (χ0) is 17.1. The highest BCUT2D eigenvalue weighted by atomic mass is 79.9. The normalized spacial score (nSPS) is 24.5. The zero-order valence-corrected chi connectivity index (χ0v) is 18.5. The number of carbonyl (C=O) groups is 1. The molecule has 2 aliphatic rings. The zero-order valence-electron chi connectivity index (χ0n) is 15.3. The van der Waals surface area contributed by atoms with E-state index in [9.17, 15) is 4.79 Å². The number of nitrogens with zero attached hydrogens (tertiary/aromatic N) is 2. The summed E-state index contributed by atoms with van der Waals surface area (Å²) in [6, 6.07) is 8.93. The number of rotatable bonds is 4. The van der Waals surface area contributed by atoms with E-state index in [-0.39, 0.29) is 30.7 Å². The topological polar surface area (TPSA) is 49.6 Å². The first kappa shape index (κ1) is 23.7. The van der Waals surface area contributed by atoms with Crippen LogP contribution in [-0.2, 0) is 4.79 Å². The third-order valence-electron chi connectivity index (χ3n) is 5.81. The maximum absolute atomic E-state index is 12.8. The van der Waals surface area contributed by atoms with Crippen LogP contribution in [-0.4, -0.2) is 48.4 Å². The van der Waals surface area contributed by atoms with Gasteiger partial charge in [-0.3, -0.25) is 9.69 Å². The van der Waals surface area contributed by atoms with Crippen LogP contribution in [0.2, 0.25) is 0 Å². The summed E-state index contributed by atoms with van der Waals surface area (Å²) in [6.07, 6.45) is 3.29. The first-order valence-electron chi connectivity index (χ1n) is 9.08. The van der Waals surface area contributed by atoms with Crippen molar-refractivity contribution in [1.82, 2.24) is 9.80 Å². The number of amides is 1. The second-order valence-electron chi connectivity index (χ2n) is 7.12. The lowest BCUT2D eigenvalue weighted by atomic mass is 9.94. The monoisotopic (exact) mass is 465 g/mol. The third-order valence-corrected chi connectivity index (χ3v) is 6.33. The Kier molecular flexibility index (Phi) is 9.91. The molecule has 148 valence electrons. The number of hydrogen-bond acceptors (Lipinski definition) is 3. The Morgan fingerprint density at radius 1 is 1.15 bits per heavy atom. The largest absolute Gasteiger partial charge is 0.340 e. The van der Waals surface area contributed by atoms with Crippen LogP contribution >= 0.6 is 40.7 Å². The Morgan fingerprint density at radius 3 is 2.35 bits per heavy atom. The molecule has 0 bridgehead atoms. The molecule has 1 aromatic carbocycles. The van der Waals surface area contributed by atoms with E-state index in [1.807, 2.05) is 0 Å². The molecule has 26 heavy (non-hydrogen) atoms. The van der Waals surface area contributed by atoms with Crippen molar-refractivity contribution in [3.8, 4) is 0 Å². The molecule has 3 rings (SSSR count). The first-order chi connectivity index (χ1) is 11.6. The molecule has 1 heterocycles. The molecule has 1 aliphatic carbocycles. The molecule has 3 atom stereocenters. The number of nitrogens with two attached hydrogens (primary N) is 1. The molecule has 4 nitrogen and oxygen atoms in total. The van der Waals surface area contributed by atoms with Gasteiger partial charge in [0, 0.05) is 42.6 Å². The Hall–Kier alpha value is -0.330. The number of benzene rings is 1. The van der Waals surface area contributed by atoms with Gasteiger partial charge in [0.05, 0.1) is 0 Å². The molecule has 1 aromatic rings. The smallest absolute Gasteiger partial charge is 0.226 e. The van der Waals surface area contributed by atoms with Crippen molar-refractivity contribution < 1.29 is 4.79 Å². The van der Waals surface area contributed by atoms with Crippen molar-refractivity contribution in [3.05, 3.63) is 34.3 Å². The summed E-state index contributed by atoms with van der Waals surface area (Å²) in [5.74, 6) is 0.918. The van der Waals surface area contributed by atoms with Crippen molar-refractivity contribution in [1.29, 1.82) is 0 Å². The molecule has 1 aliphatic heterocycles. The molecule has 1 saturated heterocycles. The molecule has 0 radical (unpaired) electrons. The van der Waals surface area contributed by atoms with Crippen molar-refractivity contribution >= 4 is 46.7 Å². The van der Waals surface area contributed by atoms with Gasteiger partial charge in [-0.25, -0.2) is 0 Å². The fraction of sp³-hybridized carbons (Fsp3) is 0.632. The molecule has 2 fully saturated rings. The lowest BCUT2D eigenvalue weighted by Crippen LogP contribution is -2.51. The van der Waals surface area contributed by atoms with Crippen molar-refractivity contribution in [2.24, 2.45) is 17.6 Å². The van der Waals surface area contributed by atoms with E-state index in [0.29, 0.717) is 24.4 Å². The van der Waals surface area contributed by atoms with E-state index in [0.717, 1.165) is 49.9 Å². The molecule has 0 spiro atoms. The van der Waals surface area contributed by atoms with Gasteiger partial charge in [-0.1, -0.05) is 34.5 Å². The molecule has 1 unspecified atom stereocenters. The number of carbonyl (C=O) groups excluding carboxylic acids is 1. The maximum atomic E-state index is 12.8. The Morgan fingerprint density at radius 2 is 1.77 bits per heavy atom. The predicted octanol–water partition coefficient (Wildman–Crippen LogP) is 3.87. The van der Waals surface area contributed by atoms with Gasteiger partial charge in [0.2, 0.25) is 5.91 Å². The molecule has 2 N–H and O–H groups in total. The summed E-state index contributed by atoms with van der Waals surface area (Å²) in [6.45, 7) is 6.48. The fourth-order valence-electron chi connectivity index (χ4n) is 4.16. The van der Waals surface area contributed by atoms with Gasteiger partial charge in [0.25, 0.3) is 0 Å². The van der Waals surface area contributed by atoms with E-state index >= 15 is 0 Å². The highest BCUT2D eigenvalue weighted by Gasteiger charge is 2.36. The molecular formula is C19H30BrCl2N3O. The van der Waals surface area contributed by atoms with Crippen LogP contribution in [0.4, 0.5) is 0 Å². The highest BCUT2D eigenvalue weighted by Crippen LogP contribution is 2.33. The Labute approximate surface area is 177 Å². The average molecular weight is 467 g/mol. The average Bonchev–Trinajstić information content (AvgIpc) is 3.10. The Balaban J connectivity index is 0.00000169. The first-order valence-corrected chi connectivity index (χ1v) is 9.88.